The number of nitrogens with two attached hydrogens (primary N) is 1. The summed E-state index contributed by atoms with van der Waals surface area (Å²) < 4.78 is 26.3. The molecule has 0 heterocycles. The lowest BCUT2D eigenvalue weighted by atomic mass is 10.0. The maximum atomic E-state index is 13.3. The Kier molecular flexibility index (Phi) is 3.37. The van der Waals surface area contributed by atoms with Crippen molar-refractivity contribution in [2.24, 2.45) is 5.73 Å². The van der Waals surface area contributed by atoms with E-state index < -0.39 is 12.0 Å². The number of halogens is 2. The molecule has 0 aliphatic carbocycles. The van der Waals surface area contributed by atoms with E-state index in [2.05, 4.69) is 0 Å². The third-order valence-electron chi connectivity index (χ3n) is 1.82. The number of rotatable bonds is 3. The summed E-state index contributed by atoms with van der Waals surface area (Å²) in [7, 11) is 0. The van der Waals surface area contributed by atoms with Crippen LogP contribution in [-0.4, -0.2) is 6.04 Å². The molecule has 13 heavy (non-hydrogen) atoms. The third kappa shape index (κ3) is 2.77. The highest BCUT2D eigenvalue weighted by Crippen LogP contribution is 2.24. The van der Waals surface area contributed by atoms with Crippen molar-refractivity contribution in [3.05, 3.63) is 35.6 Å². The highest BCUT2D eigenvalue weighted by molar-refractivity contribution is 5.19. The summed E-state index contributed by atoms with van der Waals surface area (Å²) >= 11 is 0. The van der Waals surface area contributed by atoms with Crippen LogP contribution >= 0.6 is 0 Å². The molecule has 0 amide bonds. The van der Waals surface area contributed by atoms with Gasteiger partial charge in [-0.1, -0.05) is 18.2 Å². The van der Waals surface area contributed by atoms with Gasteiger partial charge in [0, 0.05) is 11.6 Å². The summed E-state index contributed by atoms with van der Waals surface area (Å²) in [6.07, 6.45) is -1.15. The molecule has 72 valence electrons. The summed E-state index contributed by atoms with van der Waals surface area (Å²) in [5.74, 6) is -0.504. The third-order valence-corrected chi connectivity index (χ3v) is 1.82. The van der Waals surface area contributed by atoms with Gasteiger partial charge in [-0.05, 0) is 19.4 Å². The molecule has 2 atom stereocenters. The standard InChI is InChI=1S/C10H13F2N/c1-7(13)6-10(12)8-4-2-3-5-9(8)11/h2-5,7,10H,6,13H2,1H3. The van der Waals surface area contributed by atoms with E-state index in [4.69, 9.17) is 5.73 Å². The van der Waals surface area contributed by atoms with Crippen LogP contribution in [0, 0.1) is 5.82 Å². The van der Waals surface area contributed by atoms with Crippen molar-refractivity contribution in [1.29, 1.82) is 0 Å². The minimum atomic E-state index is -1.30. The monoisotopic (exact) mass is 185 g/mol. The molecule has 0 spiro atoms. The Hall–Kier alpha value is -0.960. The molecular weight excluding hydrogens is 172 g/mol. The molecule has 1 rings (SSSR count). The first-order valence-electron chi connectivity index (χ1n) is 4.25. The van der Waals surface area contributed by atoms with E-state index in [0.717, 1.165) is 0 Å². The molecule has 0 aromatic heterocycles. The van der Waals surface area contributed by atoms with E-state index in [1.807, 2.05) is 0 Å². The van der Waals surface area contributed by atoms with Gasteiger partial charge >= 0.3 is 0 Å². The summed E-state index contributed by atoms with van der Waals surface area (Å²) in [6.45, 7) is 1.70. The average molecular weight is 185 g/mol. The van der Waals surface area contributed by atoms with Crippen LogP contribution in [0.25, 0.3) is 0 Å². The van der Waals surface area contributed by atoms with Crippen LogP contribution in [0.1, 0.15) is 25.1 Å². The van der Waals surface area contributed by atoms with Gasteiger partial charge < -0.3 is 5.73 Å². The van der Waals surface area contributed by atoms with Crippen molar-refractivity contribution in [1.82, 2.24) is 0 Å². The van der Waals surface area contributed by atoms with E-state index in [0.29, 0.717) is 0 Å². The van der Waals surface area contributed by atoms with E-state index in [1.54, 1.807) is 13.0 Å². The molecule has 2 unspecified atom stereocenters. The molecule has 0 radical (unpaired) electrons. The number of alkyl halides is 1. The van der Waals surface area contributed by atoms with Crippen molar-refractivity contribution < 1.29 is 8.78 Å². The van der Waals surface area contributed by atoms with Crippen LogP contribution in [0.4, 0.5) is 8.78 Å². The normalized spacial score (nSPS) is 15.4. The Morgan fingerprint density at radius 1 is 1.38 bits per heavy atom. The first-order chi connectivity index (χ1) is 6.11. The molecule has 1 nitrogen and oxygen atoms in total. The van der Waals surface area contributed by atoms with Crippen molar-refractivity contribution in [3.63, 3.8) is 0 Å². The molecule has 0 bridgehead atoms. The van der Waals surface area contributed by atoms with Crippen molar-refractivity contribution >= 4 is 0 Å². The Bertz CT molecular complexity index is 273. The predicted octanol–water partition coefficient (Wildman–Crippen LogP) is 2.57. The Labute approximate surface area is 76.6 Å². The second-order valence-electron chi connectivity index (χ2n) is 3.20. The molecular formula is C10H13F2N. The maximum absolute atomic E-state index is 13.3. The van der Waals surface area contributed by atoms with Crippen LogP contribution in [0.3, 0.4) is 0 Å². The maximum Gasteiger partial charge on any atom is 0.129 e. The Balaban J connectivity index is 2.76. The van der Waals surface area contributed by atoms with Gasteiger partial charge in [0.05, 0.1) is 0 Å². The lowest BCUT2D eigenvalue weighted by molar-refractivity contribution is 0.298. The molecule has 1 aromatic carbocycles. The van der Waals surface area contributed by atoms with E-state index in [9.17, 15) is 8.78 Å². The van der Waals surface area contributed by atoms with Crippen LogP contribution in [0.5, 0.6) is 0 Å². The Morgan fingerprint density at radius 2 is 2.00 bits per heavy atom. The molecule has 0 aliphatic rings. The number of hydrogen-bond donors (Lipinski definition) is 1. The SMILES string of the molecule is CC(N)CC(F)c1ccccc1F. The first-order valence-corrected chi connectivity index (χ1v) is 4.25. The molecule has 2 N–H and O–H groups in total. The predicted molar refractivity (Wildman–Crippen MR) is 48.5 cm³/mol. The minimum absolute atomic E-state index is 0.0970. The lowest BCUT2D eigenvalue weighted by Crippen LogP contribution is -2.17. The lowest BCUT2D eigenvalue weighted by Gasteiger charge is -2.11. The van der Waals surface area contributed by atoms with Gasteiger partial charge in [-0.3, -0.25) is 0 Å². The fourth-order valence-corrected chi connectivity index (χ4v) is 1.18. The summed E-state index contributed by atoms with van der Waals surface area (Å²) in [5, 5.41) is 0. The quantitative estimate of drug-likeness (QED) is 0.769. The van der Waals surface area contributed by atoms with Crippen LogP contribution < -0.4 is 5.73 Å². The van der Waals surface area contributed by atoms with Crippen LogP contribution in [-0.2, 0) is 0 Å². The fraction of sp³-hybridized carbons (Fsp3) is 0.400. The molecule has 0 saturated carbocycles. The molecule has 0 aliphatic heterocycles. The largest absolute Gasteiger partial charge is 0.328 e. The zero-order valence-corrected chi connectivity index (χ0v) is 7.50. The number of hydrogen-bond acceptors (Lipinski definition) is 1. The van der Waals surface area contributed by atoms with Crippen molar-refractivity contribution in [2.45, 2.75) is 25.6 Å². The Morgan fingerprint density at radius 3 is 2.54 bits per heavy atom. The molecule has 0 saturated heterocycles. The van der Waals surface area contributed by atoms with E-state index in [1.165, 1.54) is 18.2 Å². The first kappa shape index (κ1) is 10.1. The van der Waals surface area contributed by atoms with Gasteiger partial charge in [0.2, 0.25) is 0 Å². The summed E-state index contributed by atoms with van der Waals surface area (Å²) in [6, 6.07) is 5.60. The van der Waals surface area contributed by atoms with Gasteiger partial charge in [0.25, 0.3) is 0 Å². The summed E-state index contributed by atoms with van der Waals surface area (Å²) in [5.41, 5.74) is 5.52. The molecule has 0 fully saturated rings. The topological polar surface area (TPSA) is 26.0 Å². The van der Waals surface area contributed by atoms with Gasteiger partial charge in [0.15, 0.2) is 0 Å². The zero-order chi connectivity index (χ0) is 9.84. The molecule has 1 aromatic rings. The van der Waals surface area contributed by atoms with Gasteiger partial charge in [0.1, 0.15) is 12.0 Å². The highest BCUT2D eigenvalue weighted by atomic mass is 19.1. The van der Waals surface area contributed by atoms with Gasteiger partial charge in [-0.2, -0.15) is 0 Å². The smallest absolute Gasteiger partial charge is 0.129 e. The minimum Gasteiger partial charge on any atom is -0.328 e. The second-order valence-corrected chi connectivity index (χ2v) is 3.20. The fourth-order valence-electron chi connectivity index (χ4n) is 1.18. The average Bonchev–Trinajstić information content (AvgIpc) is 2.03. The van der Waals surface area contributed by atoms with E-state index >= 15 is 0 Å². The van der Waals surface area contributed by atoms with Gasteiger partial charge in [-0.15, -0.1) is 0 Å². The van der Waals surface area contributed by atoms with Gasteiger partial charge in [-0.25, -0.2) is 8.78 Å². The highest BCUT2D eigenvalue weighted by Gasteiger charge is 2.15. The zero-order valence-electron chi connectivity index (χ0n) is 7.50. The van der Waals surface area contributed by atoms with Crippen LogP contribution in [0.2, 0.25) is 0 Å². The van der Waals surface area contributed by atoms with E-state index in [-0.39, 0.29) is 18.0 Å². The number of benzene rings is 1. The summed E-state index contributed by atoms with van der Waals surface area (Å²) in [4.78, 5) is 0. The van der Waals surface area contributed by atoms with Crippen molar-refractivity contribution in [2.75, 3.05) is 0 Å². The molecule has 3 heteroatoms. The van der Waals surface area contributed by atoms with Crippen LogP contribution in [0.15, 0.2) is 24.3 Å². The second kappa shape index (κ2) is 4.33. The van der Waals surface area contributed by atoms with Crippen molar-refractivity contribution in [3.8, 4) is 0 Å².